The van der Waals surface area contributed by atoms with Gasteiger partial charge in [0.15, 0.2) is 6.54 Å². The molecule has 3 atom stereocenters. The van der Waals surface area contributed by atoms with Crippen LogP contribution in [0.25, 0.3) is 0 Å². The first-order valence-electron chi connectivity index (χ1n) is 7.90. The lowest BCUT2D eigenvalue weighted by Crippen LogP contribution is -3.09. The molecule has 1 saturated carbocycles. The molecular weight excluding hydrogens is 328 g/mol. The number of halogens is 1. The lowest BCUT2D eigenvalue weighted by molar-refractivity contribution is -0.885. The molecule has 116 valence electrons. The number of carbonyl (C=O) groups is 1. The molecular formula is C17H26BrN2O+. The predicted octanol–water partition coefficient (Wildman–Crippen LogP) is 2.16. The molecule has 21 heavy (non-hydrogen) atoms. The maximum absolute atomic E-state index is 12.2. The predicted molar refractivity (Wildman–Crippen MR) is 89.2 cm³/mol. The zero-order chi connectivity index (χ0) is 15.2. The van der Waals surface area contributed by atoms with Gasteiger partial charge in [-0.05, 0) is 24.8 Å². The van der Waals surface area contributed by atoms with E-state index in [1.165, 1.54) is 29.7 Å². The summed E-state index contributed by atoms with van der Waals surface area (Å²) in [5.41, 5.74) is 1.24. The second-order valence-electron chi connectivity index (χ2n) is 6.34. The quantitative estimate of drug-likeness (QED) is 0.835. The van der Waals surface area contributed by atoms with Gasteiger partial charge in [0.2, 0.25) is 0 Å². The molecule has 0 saturated heterocycles. The molecule has 2 N–H and O–H groups in total. The first kappa shape index (κ1) is 16.5. The van der Waals surface area contributed by atoms with Crippen molar-refractivity contribution in [2.75, 3.05) is 13.6 Å². The molecule has 1 aliphatic rings. The van der Waals surface area contributed by atoms with Crippen LogP contribution in [0.1, 0.15) is 38.2 Å². The topological polar surface area (TPSA) is 33.5 Å². The van der Waals surface area contributed by atoms with Crippen molar-refractivity contribution in [2.45, 2.75) is 45.2 Å². The summed E-state index contributed by atoms with van der Waals surface area (Å²) < 4.78 is 1.12. The van der Waals surface area contributed by atoms with Crippen molar-refractivity contribution >= 4 is 21.8 Å². The fraction of sp³-hybridized carbons (Fsp3) is 0.588. The van der Waals surface area contributed by atoms with Crippen LogP contribution in [-0.2, 0) is 11.3 Å². The Hall–Kier alpha value is -0.870. The molecule has 0 bridgehead atoms. The van der Waals surface area contributed by atoms with Crippen molar-refractivity contribution in [1.29, 1.82) is 0 Å². The lowest BCUT2D eigenvalue weighted by atomic mass is 9.86. The standard InChI is InChI=1S/C17H25BrN2O/c1-13-7-3-6-10-16(13)19-17(21)12-20(2)11-14-8-4-5-9-15(14)18/h4-5,8-9,13,16H,3,6-7,10-12H2,1-2H3,(H,19,21)/p+1/t13-,16+/m1/s1. The average molecular weight is 354 g/mol. The SMILES string of the molecule is C[C@@H]1CCCC[C@@H]1NC(=O)C[NH+](C)Cc1ccccc1Br. The summed E-state index contributed by atoms with van der Waals surface area (Å²) in [5, 5.41) is 3.23. The molecule has 0 radical (unpaired) electrons. The van der Waals surface area contributed by atoms with Crippen LogP contribution in [0.4, 0.5) is 0 Å². The Morgan fingerprint density at radius 2 is 2.05 bits per heavy atom. The number of rotatable bonds is 5. The summed E-state index contributed by atoms with van der Waals surface area (Å²) >= 11 is 3.56. The van der Waals surface area contributed by atoms with E-state index in [1.54, 1.807) is 0 Å². The van der Waals surface area contributed by atoms with Crippen LogP contribution in [-0.4, -0.2) is 25.5 Å². The van der Waals surface area contributed by atoms with Crippen molar-refractivity contribution in [3.05, 3.63) is 34.3 Å². The van der Waals surface area contributed by atoms with Crippen molar-refractivity contribution in [1.82, 2.24) is 5.32 Å². The third-order valence-electron chi connectivity index (χ3n) is 4.37. The lowest BCUT2D eigenvalue weighted by Gasteiger charge is -2.29. The van der Waals surface area contributed by atoms with Crippen LogP contribution in [0.5, 0.6) is 0 Å². The molecule has 1 aromatic rings. The van der Waals surface area contributed by atoms with Gasteiger partial charge in [-0.15, -0.1) is 0 Å². The summed E-state index contributed by atoms with van der Waals surface area (Å²) in [5.74, 6) is 0.796. The fourth-order valence-electron chi connectivity index (χ4n) is 3.09. The number of benzene rings is 1. The van der Waals surface area contributed by atoms with Crippen molar-refractivity contribution in [3.8, 4) is 0 Å². The second kappa shape index (κ2) is 7.95. The van der Waals surface area contributed by atoms with Crippen LogP contribution >= 0.6 is 15.9 Å². The minimum Gasteiger partial charge on any atom is -0.348 e. The highest BCUT2D eigenvalue weighted by molar-refractivity contribution is 9.10. The van der Waals surface area contributed by atoms with Gasteiger partial charge in [-0.1, -0.05) is 53.9 Å². The monoisotopic (exact) mass is 353 g/mol. The van der Waals surface area contributed by atoms with Crippen LogP contribution in [0, 0.1) is 5.92 Å². The maximum Gasteiger partial charge on any atom is 0.275 e. The largest absolute Gasteiger partial charge is 0.348 e. The average Bonchev–Trinajstić information content (AvgIpc) is 2.44. The smallest absolute Gasteiger partial charge is 0.275 e. The fourth-order valence-corrected chi connectivity index (χ4v) is 3.52. The normalized spacial score (nSPS) is 23.6. The van der Waals surface area contributed by atoms with Crippen LogP contribution in [0.3, 0.4) is 0 Å². The van der Waals surface area contributed by atoms with E-state index in [0.717, 1.165) is 17.4 Å². The number of nitrogens with one attached hydrogen (secondary N) is 2. The van der Waals surface area contributed by atoms with Crippen molar-refractivity contribution < 1.29 is 9.69 Å². The van der Waals surface area contributed by atoms with Gasteiger partial charge >= 0.3 is 0 Å². The summed E-state index contributed by atoms with van der Waals surface area (Å²) in [7, 11) is 2.07. The highest BCUT2D eigenvalue weighted by Gasteiger charge is 2.23. The third kappa shape index (κ3) is 5.11. The Labute approximate surface area is 136 Å². The van der Waals surface area contributed by atoms with Crippen molar-refractivity contribution in [2.24, 2.45) is 5.92 Å². The van der Waals surface area contributed by atoms with Gasteiger partial charge in [-0.25, -0.2) is 0 Å². The van der Waals surface area contributed by atoms with E-state index in [4.69, 9.17) is 0 Å². The zero-order valence-electron chi connectivity index (χ0n) is 13.0. The van der Waals surface area contributed by atoms with Crippen LogP contribution < -0.4 is 10.2 Å². The number of hydrogen-bond donors (Lipinski definition) is 2. The summed E-state index contributed by atoms with van der Waals surface area (Å²) in [6.07, 6.45) is 4.93. The van der Waals surface area contributed by atoms with Gasteiger partial charge in [0.1, 0.15) is 6.54 Å². The van der Waals surface area contributed by atoms with Gasteiger partial charge in [0.05, 0.1) is 7.05 Å². The van der Waals surface area contributed by atoms with Gasteiger partial charge in [-0.2, -0.15) is 0 Å². The molecule has 2 rings (SSSR count). The van der Waals surface area contributed by atoms with Gasteiger partial charge < -0.3 is 10.2 Å². The van der Waals surface area contributed by atoms with Gasteiger partial charge in [0.25, 0.3) is 5.91 Å². The minimum absolute atomic E-state index is 0.179. The summed E-state index contributed by atoms with van der Waals surface area (Å²) in [6, 6.07) is 8.58. The van der Waals surface area contributed by atoms with E-state index in [9.17, 15) is 4.79 Å². The molecule has 1 fully saturated rings. The zero-order valence-corrected chi connectivity index (χ0v) is 14.6. The molecule has 1 amide bonds. The third-order valence-corrected chi connectivity index (χ3v) is 5.14. The molecule has 1 aromatic carbocycles. The maximum atomic E-state index is 12.2. The van der Waals surface area contributed by atoms with E-state index in [-0.39, 0.29) is 5.91 Å². The molecule has 0 aromatic heterocycles. The van der Waals surface area contributed by atoms with E-state index in [1.807, 2.05) is 18.2 Å². The van der Waals surface area contributed by atoms with Crippen LogP contribution in [0.15, 0.2) is 28.7 Å². The number of hydrogen-bond acceptors (Lipinski definition) is 1. The Morgan fingerprint density at radius 3 is 2.76 bits per heavy atom. The van der Waals surface area contributed by atoms with Gasteiger partial charge in [0, 0.05) is 16.1 Å². The Kier molecular flexibility index (Phi) is 6.24. The molecule has 1 unspecified atom stereocenters. The first-order valence-corrected chi connectivity index (χ1v) is 8.69. The number of likely N-dealkylation sites (N-methyl/N-ethyl adjacent to an activating group) is 1. The molecule has 3 nitrogen and oxygen atoms in total. The van der Waals surface area contributed by atoms with Gasteiger partial charge in [-0.3, -0.25) is 4.79 Å². The van der Waals surface area contributed by atoms with Crippen molar-refractivity contribution in [3.63, 3.8) is 0 Å². The molecule has 4 heteroatoms. The second-order valence-corrected chi connectivity index (χ2v) is 7.19. The minimum atomic E-state index is 0.179. The number of carbonyl (C=O) groups excluding carboxylic acids is 1. The first-order chi connectivity index (χ1) is 10.1. The molecule has 0 aliphatic heterocycles. The molecule has 1 aliphatic carbocycles. The van der Waals surface area contributed by atoms with E-state index >= 15 is 0 Å². The molecule has 0 heterocycles. The number of amides is 1. The number of quaternary nitrogens is 1. The highest BCUT2D eigenvalue weighted by Crippen LogP contribution is 2.23. The Bertz CT molecular complexity index is 478. The van der Waals surface area contributed by atoms with E-state index in [0.29, 0.717) is 18.5 Å². The Balaban J connectivity index is 1.80. The van der Waals surface area contributed by atoms with E-state index in [2.05, 4.69) is 41.3 Å². The van der Waals surface area contributed by atoms with E-state index < -0.39 is 0 Å². The summed E-state index contributed by atoms with van der Waals surface area (Å²) in [4.78, 5) is 13.4. The van der Waals surface area contributed by atoms with Crippen LogP contribution in [0.2, 0.25) is 0 Å². The molecule has 0 spiro atoms. The highest BCUT2D eigenvalue weighted by atomic mass is 79.9. The summed E-state index contributed by atoms with van der Waals surface area (Å²) in [6.45, 7) is 3.64. The Morgan fingerprint density at radius 1 is 1.33 bits per heavy atom.